The van der Waals surface area contributed by atoms with E-state index in [1.54, 1.807) is 0 Å². The van der Waals surface area contributed by atoms with Crippen LogP contribution in [0.5, 0.6) is 0 Å². The van der Waals surface area contributed by atoms with Gasteiger partial charge in [0.25, 0.3) is 0 Å². The molecule has 9 rings (SSSR count). The van der Waals surface area contributed by atoms with Crippen LogP contribution in [-0.2, 0) is 6.42 Å². The number of nitrogens with zero attached hydrogens (tertiary/aromatic N) is 2. The number of pyridine rings is 1. The van der Waals surface area contributed by atoms with Crippen molar-refractivity contribution in [1.82, 2.24) is 9.55 Å². The Hall–Kier alpha value is -5.38. The van der Waals surface area contributed by atoms with E-state index in [0.29, 0.717) is 5.25 Å². The first kappa shape index (κ1) is 27.0. The lowest BCUT2D eigenvalue weighted by Crippen LogP contribution is -1.96. The van der Waals surface area contributed by atoms with Gasteiger partial charge in [-0.05, 0) is 65.1 Å². The van der Waals surface area contributed by atoms with E-state index in [2.05, 4.69) is 168 Å². The Morgan fingerprint density at radius 3 is 1.96 bits per heavy atom. The van der Waals surface area contributed by atoms with Crippen molar-refractivity contribution < 1.29 is 0 Å². The molecule has 3 heterocycles. The van der Waals surface area contributed by atoms with E-state index >= 15 is 0 Å². The van der Waals surface area contributed by atoms with E-state index < -0.39 is 0 Å². The van der Waals surface area contributed by atoms with E-state index in [1.165, 1.54) is 43.4 Å². The second-order valence-electron chi connectivity index (χ2n) is 11.9. The van der Waals surface area contributed by atoms with Crippen molar-refractivity contribution in [2.45, 2.75) is 16.6 Å². The molecule has 1 atom stereocenters. The van der Waals surface area contributed by atoms with Gasteiger partial charge in [0.2, 0.25) is 0 Å². The summed E-state index contributed by atoms with van der Waals surface area (Å²) < 4.78 is 2.43. The molecule has 0 fully saturated rings. The third-order valence-electron chi connectivity index (χ3n) is 9.11. The lowest BCUT2D eigenvalue weighted by Gasteiger charge is -2.13. The maximum atomic E-state index is 5.22. The van der Waals surface area contributed by atoms with Crippen molar-refractivity contribution in [2.24, 2.45) is 0 Å². The number of rotatable bonds is 5. The van der Waals surface area contributed by atoms with Crippen molar-refractivity contribution in [3.63, 3.8) is 0 Å². The molecule has 1 aliphatic rings. The number of benzene rings is 6. The Morgan fingerprint density at radius 1 is 0.522 bits per heavy atom. The maximum absolute atomic E-state index is 5.22. The predicted molar refractivity (Wildman–Crippen MR) is 194 cm³/mol. The third-order valence-corrected chi connectivity index (χ3v) is 10.5. The Bertz CT molecular complexity index is 2300. The van der Waals surface area contributed by atoms with Crippen molar-refractivity contribution in [3.05, 3.63) is 175 Å². The van der Waals surface area contributed by atoms with Gasteiger partial charge in [-0.15, -0.1) is 11.8 Å². The summed E-state index contributed by atoms with van der Waals surface area (Å²) in [6, 6.07) is 58.8. The molecule has 1 aliphatic heterocycles. The van der Waals surface area contributed by atoms with Crippen molar-refractivity contribution in [2.75, 3.05) is 0 Å². The van der Waals surface area contributed by atoms with E-state index in [1.807, 2.05) is 11.8 Å². The highest BCUT2D eigenvalue weighted by Gasteiger charge is 2.28. The summed E-state index contributed by atoms with van der Waals surface area (Å²) in [5, 5.41) is 3.10. The summed E-state index contributed by atoms with van der Waals surface area (Å²) in [7, 11) is 0. The highest BCUT2D eigenvalue weighted by atomic mass is 32.2. The number of thioether (sulfide) groups is 1. The van der Waals surface area contributed by atoms with Crippen LogP contribution in [0.2, 0.25) is 0 Å². The standard InChI is InChI=1S/C43H30N2S/c1-4-13-29(14-5-1)34-26-37(30-15-6-2-7-16-30)44-38(27-34)32-19-12-20-35(25-32)45-39-22-11-10-21-36(39)42-40(45)24-23-33-28-41(46-43(33)42)31-17-8-3-9-18-31/h1-27,41H,28H2. The largest absolute Gasteiger partial charge is 0.309 e. The molecule has 0 bridgehead atoms. The van der Waals surface area contributed by atoms with Crippen molar-refractivity contribution in [3.8, 4) is 39.3 Å². The summed E-state index contributed by atoms with van der Waals surface area (Å²) >= 11 is 2.02. The van der Waals surface area contributed by atoms with Crippen LogP contribution in [0.4, 0.5) is 0 Å². The van der Waals surface area contributed by atoms with Crippen LogP contribution < -0.4 is 0 Å². The number of para-hydroxylation sites is 1. The fourth-order valence-electron chi connectivity index (χ4n) is 6.92. The zero-order chi connectivity index (χ0) is 30.5. The SMILES string of the molecule is c1ccc(-c2cc(-c3ccccc3)nc(-c3cccc(-n4c5ccccc5c5c6c(ccc54)CC(c4ccccc4)S6)c3)c2)cc1. The summed E-state index contributed by atoms with van der Waals surface area (Å²) in [6.45, 7) is 0. The van der Waals surface area contributed by atoms with E-state index in [9.17, 15) is 0 Å². The molecular formula is C43H30N2S. The highest BCUT2D eigenvalue weighted by molar-refractivity contribution is 8.00. The lowest BCUT2D eigenvalue weighted by atomic mass is 10.00. The summed E-state index contributed by atoms with van der Waals surface area (Å²) in [6.07, 6.45) is 1.06. The molecule has 0 spiro atoms. The molecule has 218 valence electrons. The summed E-state index contributed by atoms with van der Waals surface area (Å²) in [5.41, 5.74) is 12.9. The normalized spacial score (nSPS) is 14.1. The van der Waals surface area contributed by atoms with Crippen LogP contribution in [-0.4, -0.2) is 9.55 Å². The van der Waals surface area contributed by atoms with E-state index in [-0.39, 0.29) is 0 Å². The lowest BCUT2D eigenvalue weighted by molar-refractivity contribution is 0.951. The second-order valence-corrected chi connectivity index (χ2v) is 13.1. The molecule has 0 aliphatic carbocycles. The number of hydrogen-bond acceptors (Lipinski definition) is 2. The molecule has 0 saturated carbocycles. The van der Waals surface area contributed by atoms with Crippen LogP contribution in [0, 0.1) is 0 Å². The van der Waals surface area contributed by atoms with Crippen LogP contribution in [0.3, 0.4) is 0 Å². The molecule has 0 radical (unpaired) electrons. The molecular weight excluding hydrogens is 577 g/mol. The first-order valence-corrected chi connectivity index (χ1v) is 16.7. The first-order chi connectivity index (χ1) is 22.8. The average molecular weight is 607 g/mol. The zero-order valence-corrected chi connectivity index (χ0v) is 26.0. The van der Waals surface area contributed by atoms with Gasteiger partial charge in [-0.1, -0.05) is 127 Å². The Labute approximate surface area is 273 Å². The molecule has 46 heavy (non-hydrogen) atoms. The first-order valence-electron chi connectivity index (χ1n) is 15.8. The molecule has 0 N–H and O–H groups in total. The van der Waals surface area contributed by atoms with Gasteiger partial charge in [0.05, 0.1) is 22.4 Å². The monoisotopic (exact) mass is 606 g/mol. The van der Waals surface area contributed by atoms with Crippen molar-refractivity contribution in [1.29, 1.82) is 0 Å². The summed E-state index contributed by atoms with van der Waals surface area (Å²) in [4.78, 5) is 6.64. The molecule has 0 amide bonds. The van der Waals surface area contributed by atoms with E-state index in [4.69, 9.17) is 4.98 Å². The van der Waals surface area contributed by atoms with Gasteiger partial charge in [0.1, 0.15) is 0 Å². The zero-order valence-electron chi connectivity index (χ0n) is 25.2. The van der Waals surface area contributed by atoms with Gasteiger partial charge in [-0.25, -0.2) is 4.98 Å². The molecule has 1 unspecified atom stereocenters. The molecule has 8 aromatic rings. The number of fused-ring (bicyclic) bond motifs is 5. The Balaban J connectivity index is 1.20. The quantitative estimate of drug-likeness (QED) is 0.194. The third kappa shape index (κ3) is 4.63. The summed E-state index contributed by atoms with van der Waals surface area (Å²) in [5.74, 6) is 0. The smallest absolute Gasteiger partial charge is 0.0716 e. The van der Waals surface area contributed by atoms with Crippen molar-refractivity contribution >= 4 is 33.6 Å². The van der Waals surface area contributed by atoms with Crippen LogP contribution in [0.25, 0.3) is 61.1 Å². The molecule has 0 saturated heterocycles. The second kappa shape index (κ2) is 11.2. The minimum Gasteiger partial charge on any atom is -0.309 e. The van der Waals surface area contributed by atoms with Crippen LogP contribution in [0.15, 0.2) is 169 Å². The number of hydrogen-bond donors (Lipinski definition) is 0. The fraction of sp³-hybridized carbons (Fsp3) is 0.0465. The van der Waals surface area contributed by atoms with Gasteiger partial charge >= 0.3 is 0 Å². The minimum absolute atomic E-state index is 0.439. The Morgan fingerprint density at radius 2 is 1.17 bits per heavy atom. The van der Waals surface area contributed by atoms with Gasteiger partial charge < -0.3 is 4.57 Å². The highest BCUT2D eigenvalue weighted by Crippen LogP contribution is 2.51. The van der Waals surface area contributed by atoms with Gasteiger partial charge in [0.15, 0.2) is 0 Å². The van der Waals surface area contributed by atoms with E-state index in [0.717, 1.165) is 40.2 Å². The van der Waals surface area contributed by atoms with Gasteiger partial charge in [-0.2, -0.15) is 0 Å². The van der Waals surface area contributed by atoms with Gasteiger partial charge in [0, 0.05) is 37.7 Å². The number of aromatic nitrogens is 2. The molecule has 6 aromatic carbocycles. The average Bonchev–Trinajstić information content (AvgIpc) is 3.72. The molecule has 2 aromatic heterocycles. The van der Waals surface area contributed by atoms with Gasteiger partial charge in [-0.3, -0.25) is 0 Å². The minimum atomic E-state index is 0.439. The van der Waals surface area contributed by atoms with Crippen LogP contribution in [0.1, 0.15) is 16.4 Å². The molecule has 2 nitrogen and oxygen atoms in total. The Kier molecular flexibility index (Phi) is 6.57. The predicted octanol–water partition coefficient (Wildman–Crippen LogP) is 11.6. The topological polar surface area (TPSA) is 17.8 Å². The molecule has 3 heteroatoms. The van der Waals surface area contributed by atoms with Crippen LogP contribution >= 0.6 is 11.8 Å². The fourth-order valence-corrected chi connectivity index (χ4v) is 8.40. The maximum Gasteiger partial charge on any atom is 0.0716 e.